The first-order valence-electron chi connectivity index (χ1n) is 5.32. The van der Waals surface area contributed by atoms with Gasteiger partial charge in [0.2, 0.25) is 5.91 Å². The van der Waals surface area contributed by atoms with E-state index in [0.29, 0.717) is 11.4 Å². The van der Waals surface area contributed by atoms with Gasteiger partial charge >= 0.3 is 5.97 Å². The van der Waals surface area contributed by atoms with E-state index in [4.69, 9.17) is 16.3 Å². The molecule has 0 bridgehead atoms. The molecule has 0 aromatic heterocycles. The summed E-state index contributed by atoms with van der Waals surface area (Å²) in [6.07, 6.45) is 0.147. The van der Waals surface area contributed by atoms with Crippen LogP contribution in [0.5, 0.6) is 5.75 Å². The number of nitrogens with one attached hydrogen (secondary N) is 1. The number of benzene rings is 1. The fourth-order valence-corrected chi connectivity index (χ4v) is 1.29. The van der Waals surface area contributed by atoms with Gasteiger partial charge in [-0.3, -0.25) is 9.59 Å². The SMILES string of the molecule is COC(=O)CCOc1ccccc1NC(=O)CCl. The monoisotopic (exact) mass is 271 g/mol. The van der Waals surface area contributed by atoms with E-state index in [0.717, 1.165) is 0 Å². The molecular formula is C12H14ClNO4. The Labute approximate surface area is 110 Å². The summed E-state index contributed by atoms with van der Waals surface area (Å²) in [5.41, 5.74) is 0.521. The zero-order valence-electron chi connectivity index (χ0n) is 9.94. The topological polar surface area (TPSA) is 64.6 Å². The van der Waals surface area contributed by atoms with E-state index in [1.807, 2.05) is 0 Å². The number of hydrogen-bond donors (Lipinski definition) is 1. The molecule has 18 heavy (non-hydrogen) atoms. The van der Waals surface area contributed by atoms with Gasteiger partial charge in [0.15, 0.2) is 0 Å². The van der Waals surface area contributed by atoms with Gasteiger partial charge in [0.05, 0.1) is 25.8 Å². The van der Waals surface area contributed by atoms with E-state index >= 15 is 0 Å². The number of anilines is 1. The molecule has 1 aromatic rings. The molecule has 0 heterocycles. The average Bonchev–Trinajstić information content (AvgIpc) is 2.40. The molecule has 0 aliphatic carbocycles. The lowest BCUT2D eigenvalue weighted by atomic mass is 10.3. The first-order valence-corrected chi connectivity index (χ1v) is 5.85. The lowest BCUT2D eigenvalue weighted by Gasteiger charge is -2.11. The first kappa shape index (κ1) is 14.3. The summed E-state index contributed by atoms with van der Waals surface area (Å²) < 4.78 is 9.89. The van der Waals surface area contributed by atoms with Gasteiger partial charge in [-0.1, -0.05) is 12.1 Å². The Morgan fingerprint density at radius 1 is 1.33 bits per heavy atom. The second-order valence-corrected chi connectivity index (χ2v) is 3.62. The highest BCUT2D eigenvalue weighted by atomic mass is 35.5. The number of hydrogen-bond acceptors (Lipinski definition) is 4. The maximum atomic E-state index is 11.2. The van der Waals surface area contributed by atoms with Crippen LogP contribution in [0.15, 0.2) is 24.3 Å². The Kier molecular flexibility index (Phi) is 6.00. The minimum Gasteiger partial charge on any atom is -0.491 e. The molecule has 6 heteroatoms. The number of ether oxygens (including phenoxy) is 2. The second-order valence-electron chi connectivity index (χ2n) is 3.35. The second kappa shape index (κ2) is 7.55. The molecule has 1 rings (SSSR count). The van der Waals surface area contributed by atoms with Gasteiger partial charge in [-0.25, -0.2) is 0 Å². The number of alkyl halides is 1. The maximum Gasteiger partial charge on any atom is 0.308 e. The van der Waals surface area contributed by atoms with Crippen LogP contribution in [-0.2, 0) is 14.3 Å². The van der Waals surface area contributed by atoms with Gasteiger partial charge < -0.3 is 14.8 Å². The molecule has 1 amide bonds. The van der Waals surface area contributed by atoms with Crippen LogP contribution >= 0.6 is 11.6 Å². The van der Waals surface area contributed by atoms with Crippen molar-refractivity contribution in [3.8, 4) is 5.75 Å². The van der Waals surface area contributed by atoms with E-state index in [1.54, 1.807) is 24.3 Å². The number of carbonyl (C=O) groups is 2. The zero-order valence-corrected chi connectivity index (χ0v) is 10.7. The molecule has 0 fully saturated rings. The molecule has 98 valence electrons. The van der Waals surface area contributed by atoms with E-state index < -0.39 is 0 Å². The summed E-state index contributed by atoms with van der Waals surface area (Å²) in [4.78, 5) is 22.1. The summed E-state index contributed by atoms with van der Waals surface area (Å²) in [7, 11) is 1.32. The predicted octanol–water partition coefficient (Wildman–Crippen LogP) is 1.81. The molecule has 0 saturated carbocycles. The highest BCUT2D eigenvalue weighted by molar-refractivity contribution is 6.29. The molecule has 1 aromatic carbocycles. The summed E-state index contributed by atoms with van der Waals surface area (Å²) >= 11 is 5.40. The van der Waals surface area contributed by atoms with Crippen LogP contribution in [0.4, 0.5) is 5.69 Å². The smallest absolute Gasteiger partial charge is 0.308 e. The van der Waals surface area contributed by atoms with Crippen molar-refractivity contribution in [2.75, 3.05) is 24.9 Å². The van der Waals surface area contributed by atoms with E-state index in [-0.39, 0.29) is 30.8 Å². The van der Waals surface area contributed by atoms with Gasteiger partial charge in [-0.15, -0.1) is 11.6 Å². The van der Waals surface area contributed by atoms with Crippen LogP contribution in [0.1, 0.15) is 6.42 Å². The molecule has 0 atom stereocenters. The Morgan fingerprint density at radius 2 is 2.06 bits per heavy atom. The quantitative estimate of drug-likeness (QED) is 0.633. The van der Waals surface area contributed by atoms with Gasteiger partial charge in [0, 0.05) is 0 Å². The van der Waals surface area contributed by atoms with Crippen LogP contribution in [0.25, 0.3) is 0 Å². The van der Waals surface area contributed by atoms with Gasteiger partial charge in [0.1, 0.15) is 11.6 Å². The third kappa shape index (κ3) is 4.63. The molecule has 1 N–H and O–H groups in total. The van der Waals surface area contributed by atoms with Crippen molar-refractivity contribution >= 4 is 29.2 Å². The Balaban J connectivity index is 2.59. The molecule has 0 aliphatic heterocycles. The number of para-hydroxylation sites is 2. The minimum atomic E-state index is -0.350. The average molecular weight is 272 g/mol. The van der Waals surface area contributed by atoms with E-state index in [1.165, 1.54) is 7.11 Å². The lowest BCUT2D eigenvalue weighted by Crippen LogP contribution is -2.14. The van der Waals surface area contributed by atoms with Crippen molar-refractivity contribution < 1.29 is 19.1 Å². The molecule has 0 saturated heterocycles. The largest absolute Gasteiger partial charge is 0.491 e. The molecule has 0 unspecified atom stereocenters. The fraction of sp³-hybridized carbons (Fsp3) is 0.333. The molecule has 0 radical (unpaired) electrons. The van der Waals surface area contributed by atoms with Crippen LogP contribution in [-0.4, -0.2) is 31.5 Å². The summed E-state index contributed by atoms with van der Waals surface area (Å²) in [5.74, 6) is -0.311. The minimum absolute atomic E-state index is 0.128. The van der Waals surface area contributed by atoms with E-state index in [9.17, 15) is 9.59 Å². The standard InChI is InChI=1S/C12H14ClNO4/c1-17-12(16)6-7-18-10-5-3-2-4-9(10)14-11(15)8-13/h2-5H,6-8H2,1H3,(H,14,15). The fourth-order valence-electron chi connectivity index (χ4n) is 1.23. The number of rotatable bonds is 6. The molecule has 5 nitrogen and oxygen atoms in total. The van der Waals surface area contributed by atoms with Crippen molar-refractivity contribution in [1.82, 2.24) is 0 Å². The number of halogens is 1. The summed E-state index contributed by atoms with van der Waals surface area (Å²) in [6.45, 7) is 0.181. The van der Waals surface area contributed by atoms with Gasteiger partial charge in [-0.2, -0.15) is 0 Å². The molecule has 0 spiro atoms. The highest BCUT2D eigenvalue weighted by Crippen LogP contribution is 2.23. The maximum absolute atomic E-state index is 11.2. The van der Waals surface area contributed by atoms with E-state index in [2.05, 4.69) is 10.1 Å². The van der Waals surface area contributed by atoms with Gasteiger partial charge in [0.25, 0.3) is 0 Å². The Hall–Kier alpha value is -1.75. The van der Waals surface area contributed by atoms with Crippen molar-refractivity contribution in [2.24, 2.45) is 0 Å². The first-order chi connectivity index (χ1) is 8.67. The summed E-state index contributed by atoms with van der Waals surface area (Å²) in [5, 5.41) is 2.60. The number of amides is 1. The van der Waals surface area contributed by atoms with Crippen molar-refractivity contribution in [3.63, 3.8) is 0 Å². The lowest BCUT2D eigenvalue weighted by molar-refractivity contribution is -0.141. The molecule has 0 aliphatic rings. The van der Waals surface area contributed by atoms with Gasteiger partial charge in [-0.05, 0) is 12.1 Å². The number of carbonyl (C=O) groups excluding carboxylic acids is 2. The normalized spacial score (nSPS) is 9.67. The summed E-state index contributed by atoms with van der Waals surface area (Å²) in [6, 6.07) is 6.92. The number of methoxy groups -OCH3 is 1. The third-order valence-electron chi connectivity index (χ3n) is 2.07. The van der Waals surface area contributed by atoms with Crippen molar-refractivity contribution in [3.05, 3.63) is 24.3 Å². The van der Waals surface area contributed by atoms with Crippen LogP contribution in [0.3, 0.4) is 0 Å². The predicted molar refractivity (Wildman–Crippen MR) is 67.9 cm³/mol. The van der Waals surface area contributed by atoms with Crippen LogP contribution in [0.2, 0.25) is 0 Å². The highest BCUT2D eigenvalue weighted by Gasteiger charge is 2.07. The zero-order chi connectivity index (χ0) is 13.4. The number of esters is 1. The Morgan fingerprint density at radius 3 is 2.72 bits per heavy atom. The van der Waals surface area contributed by atoms with Crippen molar-refractivity contribution in [1.29, 1.82) is 0 Å². The van der Waals surface area contributed by atoms with Crippen molar-refractivity contribution in [2.45, 2.75) is 6.42 Å². The third-order valence-corrected chi connectivity index (χ3v) is 2.32. The molecular weight excluding hydrogens is 258 g/mol. The van der Waals surface area contributed by atoms with Crippen LogP contribution in [0, 0.1) is 0 Å². The Bertz CT molecular complexity index is 422. The van der Waals surface area contributed by atoms with Crippen LogP contribution < -0.4 is 10.1 Å².